The summed E-state index contributed by atoms with van der Waals surface area (Å²) in [5.74, 6) is 7.41. The van der Waals surface area contributed by atoms with Crippen LogP contribution in [0.2, 0.25) is 0 Å². The molecule has 2 heterocycles. The van der Waals surface area contributed by atoms with Gasteiger partial charge in [-0.25, -0.2) is 18.8 Å². The summed E-state index contributed by atoms with van der Waals surface area (Å²) in [6, 6.07) is 46.4. The Bertz CT molecular complexity index is 2540. The van der Waals surface area contributed by atoms with Crippen LogP contribution in [0, 0.1) is 35.8 Å². The monoisotopic (exact) mass is 816 g/mol. The molecule has 8 rings (SSSR count). The number of nitrogens with zero attached hydrogens (tertiary/aromatic N) is 4. The highest BCUT2D eigenvalue weighted by molar-refractivity contribution is 9.10. The Morgan fingerprint density at radius 1 is 0.544 bits per heavy atom. The van der Waals surface area contributed by atoms with E-state index >= 15 is 0 Å². The molecule has 2 aliphatic rings. The Kier molecular flexibility index (Phi) is 13.7. The minimum Gasteiger partial charge on any atom is -0.267 e. The van der Waals surface area contributed by atoms with Crippen LogP contribution in [-0.2, 0) is 0 Å². The molecule has 0 bridgehead atoms. The van der Waals surface area contributed by atoms with Crippen molar-refractivity contribution < 1.29 is 18.4 Å². The lowest BCUT2D eigenvalue weighted by atomic mass is 10.0. The third kappa shape index (κ3) is 11.3. The Balaban J connectivity index is 0.000000166. The van der Waals surface area contributed by atoms with Crippen molar-refractivity contribution in [2.24, 2.45) is 10.2 Å². The van der Waals surface area contributed by atoms with E-state index in [0.717, 1.165) is 43.7 Å². The van der Waals surface area contributed by atoms with Crippen molar-refractivity contribution in [2.45, 2.75) is 12.8 Å². The smallest absolute Gasteiger partial charge is 0.267 e. The lowest BCUT2D eigenvalue weighted by Gasteiger charge is -2.11. The van der Waals surface area contributed by atoms with E-state index in [1.165, 1.54) is 46.4 Å². The molecule has 2 amide bonds. The fourth-order valence-electron chi connectivity index (χ4n) is 5.80. The van der Waals surface area contributed by atoms with Gasteiger partial charge in [-0.05, 0) is 96.1 Å². The van der Waals surface area contributed by atoms with Crippen LogP contribution >= 0.6 is 15.9 Å². The van der Waals surface area contributed by atoms with Crippen molar-refractivity contribution in [3.63, 3.8) is 0 Å². The summed E-state index contributed by atoms with van der Waals surface area (Å²) in [7, 11) is 0. The standard InChI is InChI=1S/C24H17FN2O.C16H12BrFN2O.C8H6/c25-22-11-5-10-21(17-22)24(28)27-15-14-23(26-27)20-9-4-8-19(16-20)13-12-18-6-2-1-3-7-18;17-13-5-1-3-11(9-13)15-7-8-20(19-15)16(21)12-4-2-6-14(18)10-12;1-2-8-6-4-3-5-7-8/h1-11,16-17H,14-15H2;1-6,9-10H,7-8H2;1,3-7H. The Morgan fingerprint density at radius 2 is 1.00 bits per heavy atom. The fourth-order valence-corrected chi connectivity index (χ4v) is 6.20. The van der Waals surface area contributed by atoms with Gasteiger partial charge < -0.3 is 0 Å². The third-order valence-electron chi connectivity index (χ3n) is 8.63. The highest BCUT2D eigenvalue weighted by Crippen LogP contribution is 2.21. The lowest BCUT2D eigenvalue weighted by Crippen LogP contribution is -2.23. The highest BCUT2D eigenvalue weighted by Gasteiger charge is 2.24. The molecule has 0 radical (unpaired) electrons. The van der Waals surface area contributed by atoms with Gasteiger partial charge in [-0.1, -0.05) is 106 Å². The summed E-state index contributed by atoms with van der Waals surface area (Å²) in [5, 5.41) is 11.6. The maximum Gasteiger partial charge on any atom is 0.274 e. The summed E-state index contributed by atoms with van der Waals surface area (Å²) in [6.45, 7) is 0.988. The van der Waals surface area contributed by atoms with E-state index in [9.17, 15) is 18.4 Å². The topological polar surface area (TPSA) is 65.3 Å². The van der Waals surface area contributed by atoms with Crippen molar-refractivity contribution in [1.29, 1.82) is 0 Å². The second-order valence-corrected chi connectivity index (χ2v) is 13.6. The Morgan fingerprint density at radius 3 is 1.49 bits per heavy atom. The molecule has 57 heavy (non-hydrogen) atoms. The van der Waals surface area contributed by atoms with Crippen LogP contribution < -0.4 is 0 Å². The number of rotatable bonds is 4. The molecule has 6 aromatic rings. The van der Waals surface area contributed by atoms with Crippen molar-refractivity contribution in [2.75, 3.05) is 13.1 Å². The molecular weight excluding hydrogens is 782 g/mol. The fraction of sp³-hybridized carbons (Fsp3) is 0.0833. The zero-order valence-corrected chi connectivity index (χ0v) is 32.2. The van der Waals surface area contributed by atoms with Crippen LogP contribution in [0.5, 0.6) is 0 Å². The van der Waals surface area contributed by atoms with Gasteiger partial charge in [0, 0.05) is 45.1 Å². The van der Waals surface area contributed by atoms with Gasteiger partial charge in [0.15, 0.2) is 0 Å². The quantitative estimate of drug-likeness (QED) is 0.166. The molecule has 9 heteroatoms. The van der Waals surface area contributed by atoms with Crippen molar-refractivity contribution in [3.8, 4) is 24.2 Å². The predicted octanol–water partition coefficient (Wildman–Crippen LogP) is 9.98. The molecule has 0 saturated carbocycles. The van der Waals surface area contributed by atoms with Gasteiger partial charge in [0.2, 0.25) is 0 Å². The first kappa shape index (κ1) is 39.7. The summed E-state index contributed by atoms with van der Waals surface area (Å²) in [6.07, 6.45) is 6.44. The number of amides is 2. The average molecular weight is 818 g/mol. The van der Waals surface area contributed by atoms with E-state index in [-0.39, 0.29) is 11.8 Å². The second kappa shape index (κ2) is 19.6. The van der Waals surface area contributed by atoms with Gasteiger partial charge in [0.05, 0.1) is 24.5 Å². The largest absolute Gasteiger partial charge is 0.274 e. The van der Waals surface area contributed by atoms with Crippen molar-refractivity contribution >= 4 is 39.2 Å². The number of halogens is 3. The number of benzene rings is 6. The van der Waals surface area contributed by atoms with Gasteiger partial charge in [-0.2, -0.15) is 10.2 Å². The van der Waals surface area contributed by atoms with Gasteiger partial charge >= 0.3 is 0 Å². The van der Waals surface area contributed by atoms with Gasteiger partial charge in [-0.15, -0.1) is 6.42 Å². The summed E-state index contributed by atoms with van der Waals surface area (Å²) in [5.41, 5.74) is 7.01. The van der Waals surface area contributed by atoms with Crippen LogP contribution in [0.25, 0.3) is 0 Å². The van der Waals surface area contributed by atoms with Crippen LogP contribution in [0.15, 0.2) is 172 Å². The summed E-state index contributed by atoms with van der Waals surface area (Å²) in [4.78, 5) is 24.8. The SMILES string of the molecule is C#Cc1ccccc1.O=C(c1cccc(F)c1)N1CCC(c2cccc(Br)c2)=N1.O=C(c1cccc(F)c1)N1CCC(c2cccc(C#Cc3ccccc3)c2)=N1. The van der Waals surface area contributed by atoms with Crippen molar-refractivity contribution in [1.82, 2.24) is 10.0 Å². The summed E-state index contributed by atoms with van der Waals surface area (Å²) >= 11 is 3.42. The molecule has 280 valence electrons. The minimum absolute atomic E-state index is 0.278. The van der Waals surface area contributed by atoms with E-state index in [0.29, 0.717) is 37.1 Å². The molecule has 0 unspecified atom stereocenters. The second-order valence-electron chi connectivity index (χ2n) is 12.7. The predicted molar refractivity (Wildman–Crippen MR) is 225 cm³/mol. The van der Waals surface area contributed by atoms with Crippen LogP contribution in [0.3, 0.4) is 0 Å². The third-order valence-corrected chi connectivity index (χ3v) is 9.13. The zero-order valence-electron chi connectivity index (χ0n) is 30.7. The molecule has 0 aliphatic carbocycles. The number of hydrogen-bond acceptors (Lipinski definition) is 4. The molecule has 0 atom stereocenters. The van der Waals surface area contributed by atoms with Crippen molar-refractivity contribution in [3.05, 3.63) is 213 Å². The zero-order chi connectivity index (χ0) is 40.0. The highest BCUT2D eigenvalue weighted by atomic mass is 79.9. The van der Waals surface area contributed by atoms with Crippen LogP contribution in [0.4, 0.5) is 8.78 Å². The van der Waals surface area contributed by atoms with Crippen LogP contribution in [0.1, 0.15) is 61.4 Å². The maximum atomic E-state index is 13.4. The van der Waals surface area contributed by atoms with Gasteiger partial charge in [0.1, 0.15) is 11.6 Å². The molecule has 0 spiro atoms. The first-order chi connectivity index (χ1) is 27.7. The van der Waals surface area contributed by atoms with E-state index in [1.807, 2.05) is 109 Å². The number of carbonyl (C=O) groups excluding carboxylic acids is 2. The summed E-state index contributed by atoms with van der Waals surface area (Å²) < 4.78 is 27.5. The minimum atomic E-state index is -0.432. The molecule has 0 fully saturated rings. The molecule has 6 nitrogen and oxygen atoms in total. The average Bonchev–Trinajstić information content (AvgIpc) is 3.96. The first-order valence-corrected chi connectivity index (χ1v) is 18.8. The van der Waals surface area contributed by atoms with Gasteiger partial charge in [0.25, 0.3) is 11.8 Å². The van der Waals surface area contributed by atoms with E-state index in [2.05, 4.69) is 43.9 Å². The molecular formula is C48H35BrF2N4O2. The number of terminal acetylenes is 1. The lowest BCUT2D eigenvalue weighted by molar-refractivity contribution is 0.0770. The van der Waals surface area contributed by atoms with Crippen LogP contribution in [-0.4, -0.2) is 46.3 Å². The maximum absolute atomic E-state index is 13.4. The van der Waals surface area contributed by atoms with E-state index in [1.54, 1.807) is 12.1 Å². The Hall–Kier alpha value is -6.94. The number of hydrazone groups is 2. The normalized spacial score (nSPS) is 12.7. The first-order valence-electron chi connectivity index (χ1n) is 18.0. The molecule has 6 aromatic carbocycles. The van der Waals surface area contributed by atoms with E-state index < -0.39 is 11.6 Å². The van der Waals surface area contributed by atoms with E-state index in [4.69, 9.17) is 6.42 Å². The number of carbonyl (C=O) groups is 2. The molecule has 0 aromatic heterocycles. The Labute approximate surface area is 339 Å². The van der Waals surface area contributed by atoms with Gasteiger partial charge in [-0.3, -0.25) is 9.59 Å². The molecule has 0 saturated heterocycles. The molecule has 0 N–H and O–H groups in total. The molecule has 2 aliphatic heterocycles. The number of hydrogen-bond donors (Lipinski definition) is 0.